The number of carbonyl (C=O) groups is 2. The van der Waals surface area contributed by atoms with Crippen LogP contribution in [0.3, 0.4) is 0 Å². The van der Waals surface area contributed by atoms with Crippen molar-refractivity contribution < 1.29 is 14.7 Å². The molecule has 1 amide bonds. The Hall–Kier alpha value is -1.76. The molecule has 5 fully saturated rings. The summed E-state index contributed by atoms with van der Waals surface area (Å²) in [6, 6.07) is 0.277. The number of hydrogen-bond donors (Lipinski definition) is 2. The van der Waals surface area contributed by atoms with Gasteiger partial charge in [0.1, 0.15) is 6.54 Å². The van der Waals surface area contributed by atoms with Gasteiger partial charge in [0.15, 0.2) is 11.5 Å². The molecule has 0 radical (unpaired) electrons. The maximum absolute atomic E-state index is 13.5. The van der Waals surface area contributed by atoms with E-state index in [1.807, 2.05) is 6.92 Å². The smallest absolute Gasteiger partial charge is 0.273 e. The molecule has 7 heteroatoms. The van der Waals surface area contributed by atoms with E-state index >= 15 is 0 Å². The maximum atomic E-state index is 13.5. The Morgan fingerprint density at radius 3 is 2.54 bits per heavy atom. The normalized spacial score (nSPS) is 44.7. The van der Waals surface area contributed by atoms with Crippen LogP contribution in [0.4, 0.5) is 0 Å². The average molecular weight is 483 g/mol. The first-order valence-electron chi connectivity index (χ1n) is 14.1. The number of carbonyl (C=O) groups excluding carboxylic acids is 2. The Bertz CT molecular complexity index is 1020. The second-order valence-corrected chi connectivity index (χ2v) is 13.5. The topological polar surface area (TPSA) is 97.1 Å². The molecular formula is C28H42N4O3. The number of fused-ring (bicyclic) bond motifs is 5. The zero-order chi connectivity index (χ0) is 24.6. The summed E-state index contributed by atoms with van der Waals surface area (Å²) in [4.78, 5) is 27.2. The molecule has 1 aromatic heterocycles. The standard InChI is InChI=1S/C28H42N4O3/c1-26(35)12-13-27(2)17(14-26)4-7-19-20-8-9-22(28(20,3)11-10-21(19)27)24(33)16-32-29-15-23(31-32)25(34)30-18-5-6-18/h15,17-22,35H,4-14,16H2,1-3H3,(H,30,34)/t17-,19+,20+,21+,22-,26-,27+,28+/m1/s1. The van der Waals surface area contributed by atoms with Crippen LogP contribution < -0.4 is 5.32 Å². The van der Waals surface area contributed by atoms with Crippen LogP contribution in [-0.4, -0.2) is 43.4 Å². The van der Waals surface area contributed by atoms with Gasteiger partial charge in [-0.3, -0.25) is 9.59 Å². The van der Waals surface area contributed by atoms with Crippen molar-refractivity contribution in [1.29, 1.82) is 0 Å². The summed E-state index contributed by atoms with van der Waals surface area (Å²) >= 11 is 0. The summed E-state index contributed by atoms with van der Waals surface area (Å²) in [5.41, 5.74) is 0.202. The molecule has 5 aliphatic carbocycles. The second kappa shape index (κ2) is 8.12. The molecule has 35 heavy (non-hydrogen) atoms. The highest BCUT2D eigenvalue weighted by molar-refractivity contribution is 5.92. The third-order valence-electron chi connectivity index (χ3n) is 11.3. The van der Waals surface area contributed by atoms with Gasteiger partial charge in [0.05, 0.1) is 11.8 Å². The summed E-state index contributed by atoms with van der Waals surface area (Å²) in [5.74, 6) is 2.77. The van der Waals surface area contributed by atoms with Gasteiger partial charge in [-0.25, -0.2) is 0 Å². The first-order valence-corrected chi connectivity index (χ1v) is 14.1. The molecule has 5 aliphatic rings. The molecule has 0 aromatic carbocycles. The van der Waals surface area contributed by atoms with Crippen LogP contribution in [0.15, 0.2) is 6.20 Å². The van der Waals surface area contributed by atoms with E-state index in [2.05, 4.69) is 29.4 Å². The Labute approximate surface area is 208 Å². The summed E-state index contributed by atoms with van der Waals surface area (Å²) in [5, 5.41) is 22.2. The van der Waals surface area contributed by atoms with Crippen LogP contribution in [-0.2, 0) is 11.3 Å². The van der Waals surface area contributed by atoms with Gasteiger partial charge in [0.25, 0.3) is 5.91 Å². The fraction of sp³-hybridized carbons (Fsp3) is 0.857. The molecule has 0 aliphatic heterocycles. The lowest BCUT2D eigenvalue weighted by atomic mass is 9.44. The number of nitrogens with zero attached hydrogens (tertiary/aromatic N) is 3. The molecule has 0 saturated heterocycles. The van der Waals surface area contributed by atoms with Crippen molar-refractivity contribution >= 4 is 11.7 Å². The summed E-state index contributed by atoms with van der Waals surface area (Å²) < 4.78 is 0. The Balaban J connectivity index is 1.14. The van der Waals surface area contributed by atoms with E-state index in [0.717, 1.165) is 57.3 Å². The Morgan fingerprint density at radius 1 is 1.00 bits per heavy atom. The lowest BCUT2D eigenvalue weighted by Gasteiger charge is -2.61. The maximum Gasteiger partial charge on any atom is 0.273 e. The minimum Gasteiger partial charge on any atom is -0.390 e. The van der Waals surface area contributed by atoms with E-state index in [1.54, 1.807) is 0 Å². The predicted octanol–water partition coefficient (Wildman–Crippen LogP) is 4.15. The zero-order valence-electron chi connectivity index (χ0n) is 21.6. The minimum absolute atomic E-state index is 0.0563. The molecular weight excluding hydrogens is 440 g/mol. The lowest BCUT2D eigenvalue weighted by Crippen LogP contribution is -2.55. The molecule has 0 bridgehead atoms. The molecule has 5 saturated carbocycles. The van der Waals surface area contributed by atoms with E-state index in [0.29, 0.717) is 28.9 Å². The number of nitrogens with one attached hydrogen (secondary N) is 1. The third kappa shape index (κ3) is 3.96. The van der Waals surface area contributed by atoms with Crippen LogP contribution >= 0.6 is 0 Å². The molecule has 0 unspecified atom stereocenters. The van der Waals surface area contributed by atoms with E-state index in [1.165, 1.54) is 30.3 Å². The van der Waals surface area contributed by atoms with Crippen molar-refractivity contribution in [3.05, 3.63) is 11.9 Å². The molecule has 6 rings (SSSR count). The van der Waals surface area contributed by atoms with Crippen LogP contribution in [0.25, 0.3) is 0 Å². The first kappa shape index (κ1) is 23.6. The van der Waals surface area contributed by atoms with Crippen molar-refractivity contribution in [3.8, 4) is 0 Å². The van der Waals surface area contributed by atoms with Crippen LogP contribution in [0.2, 0.25) is 0 Å². The number of rotatable bonds is 5. The number of hydrogen-bond acceptors (Lipinski definition) is 5. The van der Waals surface area contributed by atoms with Gasteiger partial charge in [0.2, 0.25) is 0 Å². The van der Waals surface area contributed by atoms with Crippen molar-refractivity contribution in [1.82, 2.24) is 20.3 Å². The van der Waals surface area contributed by atoms with Gasteiger partial charge in [0, 0.05) is 12.0 Å². The number of amides is 1. The molecule has 8 atom stereocenters. The SMILES string of the molecule is C[C@@]1(O)CC[C@@]2(C)[C@H](CC[C@@H]3[C@@H]2CC[C@]2(C)[C@@H](C(=O)Cn4ncc(C(=O)NC5CC5)n4)CC[C@@H]32)C1. The molecule has 1 aromatic rings. The van der Waals surface area contributed by atoms with Gasteiger partial charge < -0.3 is 10.4 Å². The quantitative estimate of drug-likeness (QED) is 0.657. The predicted molar refractivity (Wildman–Crippen MR) is 131 cm³/mol. The highest BCUT2D eigenvalue weighted by atomic mass is 16.3. The largest absolute Gasteiger partial charge is 0.390 e. The van der Waals surface area contributed by atoms with Gasteiger partial charge in [-0.1, -0.05) is 13.8 Å². The molecule has 1 heterocycles. The molecule has 7 nitrogen and oxygen atoms in total. The lowest BCUT2D eigenvalue weighted by molar-refractivity contribution is -0.151. The van der Waals surface area contributed by atoms with Crippen molar-refractivity contribution in [3.63, 3.8) is 0 Å². The highest BCUT2D eigenvalue weighted by Gasteiger charge is 2.61. The van der Waals surface area contributed by atoms with Crippen molar-refractivity contribution in [2.45, 2.75) is 110 Å². The van der Waals surface area contributed by atoms with Crippen LogP contribution in [0, 0.1) is 40.4 Å². The van der Waals surface area contributed by atoms with E-state index in [-0.39, 0.29) is 35.6 Å². The summed E-state index contributed by atoms with van der Waals surface area (Å²) in [7, 11) is 0. The molecule has 192 valence electrons. The fourth-order valence-corrected chi connectivity index (χ4v) is 9.17. The Morgan fingerprint density at radius 2 is 1.77 bits per heavy atom. The van der Waals surface area contributed by atoms with Crippen LogP contribution in [0.5, 0.6) is 0 Å². The molecule has 2 N–H and O–H groups in total. The van der Waals surface area contributed by atoms with Crippen molar-refractivity contribution in [2.75, 3.05) is 0 Å². The summed E-state index contributed by atoms with van der Waals surface area (Å²) in [6.07, 6.45) is 13.5. The van der Waals surface area contributed by atoms with Gasteiger partial charge in [-0.05, 0) is 112 Å². The monoisotopic (exact) mass is 482 g/mol. The highest BCUT2D eigenvalue weighted by Crippen LogP contribution is 2.68. The third-order valence-corrected chi connectivity index (χ3v) is 11.3. The average Bonchev–Trinajstić information content (AvgIpc) is 3.35. The first-order chi connectivity index (χ1) is 16.6. The van der Waals surface area contributed by atoms with Gasteiger partial charge >= 0.3 is 0 Å². The number of aliphatic hydroxyl groups is 1. The van der Waals surface area contributed by atoms with E-state index in [9.17, 15) is 14.7 Å². The summed E-state index contributed by atoms with van der Waals surface area (Å²) in [6.45, 7) is 7.09. The molecule has 0 spiro atoms. The zero-order valence-corrected chi connectivity index (χ0v) is 21.6. The number of Topliss-reactive ketones (excluding diaryl/α,β-unsaturated/α-hetero) is 1. The van der Waals surface area contributed by atoms with E-state index in [4.69, 9.17) is 0 Å². The Kier molecular flexibility index (Phi) is 5.48. The van der Waals surface area contributed by atoms with E-state index < -0.39 is 5.60 Å². The minimum atomic E-state index is -0.496. The van der Waals surface area contributed by atoms with Crippen LogP contribution in [0.1, 0.15) is 102 Å². The number of ketones is 1. The van der Waals surface area contributed by atoms with Crippen molar-refractivity contribution in [2.24, 2.45) is 40.4 Å². The second-order valence-electron chi connectivity index (χ2n) is 13.5. The fourth-order valence-electron chi connectivity index (χ4n) is 9.17. The van der Waals surface area contributed by atoms with Gasteiger partial charge in [-0.15, -0.1) is 5.10 Å². The van der Waals surface area contributed by atoms with Gasteiger partial charge in [-0.2, -0.15) is 9.90 Å². The number of aromatic nitrogens is 3.